The predicted octanol–water partition coefficient (Wildman–Crippen LogP) is 3.72. The van der Waals surface area contributed by atoms with Crippen molar-refractivity contribution in [3.05, 3.63) is 46.6 Å². The Balaban J connectivity index is 1.81. The monoisotopic (exact) mass is 333 g/mol. The summed E-state index contributed by atoms with van der Waals surface area (Å²) in [6.45, 7) is 2.48. The van der Waals surface area contributed by atoms with Crippen LogP contribution in [0.4, 0.5) is 0 Å². The first-order chi connectivity index (χ1) is 11.1. The molecular formula is C17H20ClN3O2. The summed E-state index contributed by atoms with van der Waals surface area (Å²) in [5, 5.41) is 8.67. The molecule has 5 nitrogen and oxygen atoms in total. The highest BCUT2D eigenvalue weighted by molar-refractivity contribution is 6.31. The molecule has 0 aliphatic carbocycles. The second-order valence-electron chi connectivity index (χ2n) is 5.88. The molecule has 0 radical (unpaired) electrons. The maximum absolute atomic E-state index is 12.8. The van der Waals surface area contributed by atoms with E-state index in [0.29, 0.717) is 23.2 Å². The second kappa shape index (κ2) is 7.13. The minimum absolute atomic E-state index is 0.0563. The fraction of sp³-hybridized carbons (Fsp3) is 0.471. The Morgan fingerprint density at radius 1 is 1.30 bits per heavy atom. The quantitative estimate of drug-likeness (QED) is 0.859. The van der Waals surface area contributed by atoms with Gasteiger partial charge < -0.3 is 9.32 Å². The Labute approximate surface area is 140 Å². The molecule has 1 atom stereocenters. The van der Waals surface area contributed by atoms with Gasteiger partial charge in [0.25, 0.3) is 0 Å². The third kappa shape index (κ3) is 3.72. The molecule has 2 heterocycles. The van der Waals surface area contributed by atoms with E-state index in [4.69, 9.17) is 16.0 Å². The minimum atomic E-state index is -0.131. The SMILES string of the molecule is Cc1nnc(C2CCCCCN2C(=O)Cc2ccccc2Cl)o1. The lowest BCUT2D eigenvalue weighted by atomic mass is 10.1. The summed E-state index contributed by atoms with van der Waals surface area (Å²) in [4.78, 5) is 14.7. The maximum Gasteiger partial charge on any atom is 0.238 e. The van der Waals surface area contributed by atoms with E-state index < -0.39 is 0 Å². The normalized spacial score (nSPS) is 18.7. The fourth-order valence-electron chi connectivity index (χ4n) is 3.02. The number of amides is 1. The highest BCUT2D eigenvalue weighted by atomic mass is 35.5. The Kier molecular flexibility index (Phi) is 4.96. The number of carbonyl (C=O) groups excluding carboxylic acids is 1. The van der Waals surface area contributed by atoms with Gasteiger partial charge in [0.05, 0.1) is 6.42 Å². The van der Waals surface area contributed by atoms with Gasteiger partial charge in [0.15, 0.2) is 0 Å². The van der Waals surface area contributed by atoms with Crippen LogP contribution in [0.1, 0.15) is 49.1 Å². The maximum atomic E-state index is 12.8. The number of aromatic nitrogens is 2. The molecule has 0 bridgehead atoms. The van der Waals surface area contributed by atoms with Gasteiger partial charge in [-0.3, -0.25) is 4.79 Å². The van der Waals surface area contributed by atoms with Gasteiger partial charge in [0, 0.05) is 18.5 Å². The minimum Gasteiger partial charge on any atom is -0.423 e. The van der Waals surface area contributed by atoms with Gasteiger partial charge in [-0.1, -0.05) is 42.6 Å². The van der Waals surface area contributed by atoms with Crippen molar-refractivity contribution in [1.29, 1.82) is 0 Å². The third-order valence-electron chi connectivity index (χ3n) is 4.20. The second-order valence-corrected chi connectivity index (χ2v) is 6.29. The highest BCUT2D eigenvalue weighted by Crippen LogP contribution is 2.30. The number of hydrogen-bond acceptors (Lipinski definition) is 4. The van der Waals surface area contributed by atoms with Gasteiger partial charge in [-0.25, -0.2) is 0 Å². The molecule has 6 heteroatoms. The molecule has 0 spiro atoms. The van der Waals surface area contributed by atoms with E-state index in [1.165, 1.54) is 0 Å². The number of aryl methyl sites for hydroxylation is 1. The predicted molar refractivity (Wildman–Crippen MR) is 87.1 cm³/mol. The zero-order chi connectivity index (χ0) is 16.2. The number of nitrogens with zero attached hydrogens (tertiary/aromatic N) is 3. The Bertz CT molecular complexity index is 686. The van der Waals surface area contributed by atoms with Crippen LogP contribution in [0.2, 0.25) is 5.02 Å². The van der Waals surface area contributed by atoms with Crippen LogP contribution in [-0.2, 0) is 11.2 Å². The Morgan fingerprint density at radius 3 is 2.87 bits per heavy atom. The molecule has 1 aromatic heterocycles. The molecule has 1 aliphatic rings. The molecule has 1 saturated heterocycles. The molecular weight excluding hydrogens is 314 g/mol. The summed E-state index contributed by atoms with van der Waals surface area (Å²) < 4.78 is 5.59. The number of halogens is 1. The van der Waals surface area contributed by atoms with Crippen LogP contribution in [-0.4, -0.2) is 27.5 Å². The molecule has 1 fully saturated rings. The van der Waals surface area contributed by atoms with Crippen LogP contribution in [0.5, 0.6) is 0 Å². The van der Waals surface area contributed by atoms with E-state index in [9.17, 15) is 4.79 Å². The molecule has 1 aliphatic heterocycles. The zero-order valence-corrected chi connectivity index (χ0v) is 13.9. The van der Waals surface area contributed by atoms with Crippen molar-refractivity contribution in [2.45, 2.75) is 45.1 Å². The van der Waals surface area contributed by atoms with Crippen LogP contribution in [0, 0.1) is 6.92 Å². The lowest BCUT2D eigenvalue weighted by molar-refractivity contribution is -0.133. The van der Waals surface area contributed by atoms with Gasteiger partial charge >= 0.3 is 0 Å². The van der Waals surface area contributed by atoms with E-state index in [1.807, 2.05) is 29.2 Å². The highest BCUT2D eigenvalue weighted by Gasteiger charge is 2.30. The summed E-state index contributed by atoms with van der Waals surface area (Å²) in [5.41, 5.74) is 0.851. The molecule has 1 amide bonds. The van der Waals surface area contributed by atoms with Crippen molar-refractivity contribution in [3.63, 3.8) is 0 Å². The molecule has 1 unspecified atom stereocenters. The summed E-state index contributed by atoms with van der Waals surface area (Å²) >= 11 is 6.18. The molecule has 1 aromatic carbocycles. The van der Waals surface area contributed by atoms with Gasteiger partial charge in [-0.2, -0.15) is 0 Å². The fourth-order valence-corrected chi connectivity index (χ4v) is 3.22. The molecule has 23 heavy (non-hydrogen) atoms. The first-order valence-corrected chi connectivity index (χ1v) is 8.36. The van der Waals surface area contributed by atoms with Crippen molar-refractivity contribution in [3.8, 4) is 0 Å². The van der Waals surface area contributed by atoms with Crippen molar-refractivity contribution < 1.29 is 9.21 Å². The molecule has 0 N–H and O–H groups in total. The van der Waals surface area contributed by atoms with Gasteiger partial charge in [0.1, 0.15) is 6.04 Å². The van der Waals surface area contributed by atoms with Crippen molar-refractivity contribution in [2.24, 2.45) is 0 Å². The first-order valence-electron chi connectivity index (χ1n) is 7.98. The summed E-state index contributed by atoms with van der Waals surface area (Å²) in [5.74, 6) is 1.13. The van der Waals surface area contributed by atoms with E-state index in [2.05, 4.69) is 10.2 Å². The van der Waals surface area contributed by atoms with E-state index >= 15 is 0 Å². The van der Waals surface area contributed by atoms with Crippen LogP contribution in [0.15, 0.2) is 28.7 Å². The lowest BCUT2D eigenvalue weighted by Crippen LogP contribution is -2.36. The summed E-state index contributed by atoms with van der Waals surface area (Å²) in [6.07, 6.45) is 4.32. The van der Waals surface area contributed by atoms with Gasteiger partial charge in [-0.05, 0) is 24.5 Å². The first kappa shape index (κ1) is 16.0. The van der Waals surface area contributed by atoms with Crippen molar-refractivity contribution in [2.75, 3.05) is 6.54 Å². The topological polar surface area (TPSA) is 59.2 Å². The summed E-state index contributed by atoms with van der Waals surface area (Å²) in [6, 6.07) is 7.34. The van der Waals surface area contributed by atoms with Crippen molar-refractivity contribution in [1.82, 2.24) is 15.1 Å². The lowest BCUT2D eigenvalue weighted by Gasteiger charge is -2.27. The van der Waals surface area contributed by atoms with Gasteiger partial charge in [0.2, 0.25) is 17.7 Å². The van der Waals surface area contributed by atoms with Crippen LogP contribution < -0.4 is 0 Å². The average molecular weight is 334 g/mol. The van der Waals surface area contributed by atoms with E-state index in [-0.39, 0.29) is 11.9 Å². The number of hydrogen-bond donors (Lipinski definition) is 0. The zero-order valence-electron chi connectivity index (χ0n) is 13.2. The number of carbonyl (C=O) groups is 1. The number of benzene rings is 1. The summed E-state index contributed by atoms with van der Waals surface area (Å²) in [7, 11) is 0. The Hall–Kier alpha value is -1.88. The van der Waals surface area contributed by atoms with E-state index in [1.54, 1.807) is 6.92 Å². The number of likely N-dealkylation sites (tertiary alicyclic amines) is 1. The van der Waals surface area contributed by atoms with Crippen LogP contribution in [0.25, 0.3) is 0 Å². The van der Waals surface area contributed by atoms with Crippen LogP contribution in [0.3, 0.4) is 0 Å². The third-order valence-corrected chi connectivity index (χ3v) is 4.57. The molecule has 0 saturated carbocycles. The van der Waals surface area contributed by atoms with E-state index in [0.717, 1.165) is 37.8 Å². The Morgan fingerprint density at radius 2 is 2.13 bits per heavy atom. The number of rotatable bonds is 3. The molecule has 122 valence electrons. The van der Waals surface area contributed by atoms with Gasteiger partial charge in [-0.15, -0.1) is 10.2 Å². The molecule has 2 aromatic rings. The standard InChI is InChI=1S/C17H20ClN3O2/c1-12-19-20-17(23-12)15-9-3-2-6-10-21(15)16(22)11-13-7-4-5-8-14(13)18/h4-5,7-8,15H,2-3,6,9-11H2,1H3. The van der Waals surface area contributed by atoms with Crippen LogP contribution >= 0.6 is 11.6 Å². The average Bonchev–Trinajstić information content (AvgIpc) is 2.82. The molecule has 3 rings (SSSR count). The van der Waals surface area contributed by atoms with Crippen molar-refractivity contribution >= 4 is 17.5 Å². The smallest absolute Gasteiger partial charge is 0.238 e. The largest absolute Gasteiger partial charge is 0.423 e.